The Kier molecular flexibility index (Phi) is 3.88. The zero-order valence-corrected chi connectivity index (χ0v) is 9.80. The maximum absolute atomic E-state index is 11.6. The molecule has 1 aromatic heterocycles. The van der Waals surface area contributed by atoms with E-state index in [4.69, 9.17) is 5.11 Å². The number of rotatable bonds is 4. The minimum absolute atomic E-state index is 0.0786. The molecule has 1 N–H and O–H groups in total. The molecule has 0 aliphatic rings. The second-order valence-electron chi connectivity index (χ2n) is 4.32. The van der Waals surface area contributed by atoms with Crippen LogP contribution in [0.1, 0.15) is 32.4 Å². The number of aromatic nitrogens is 1. The van der Waals surface area contributed by atoms with Gasteiger partial charge in [-0.05, 0) is 31.9 Å². The van der Waals surface area contributed by atoms with Crippen molar-refractivity contribution < 1.29 is 9.90 Å². The number of carboxylic acid groups (broad SMARTS) is 1. The van der Waals surface area contributed by atoms with Crippen molar-refractivity contribution in [3.05, 3.63) is 34.2 Å². The second kappa shape index (κ2) is 4.96. The lowest BCUT2D eigenvalue weighted by atomic mass is 10.0. The van der Waals surface area contributed by atoms with Crippen molar-refractivity contribution >= 4 is 5.97 Å². The fraction of sp³-hybridized carbons (Fsp3) is 0.500. The van der Waals surface area contributed by atoms with Crippen LogP contribution in [0.15, 0.2) is 23.1 Å². The van der Waals surface area contributed by atoms with E-state index >= 15 is 0 Å². The van der Waals surface area contributed by atoms with Gasteiger partial charge in [-0.3, -0.25) is 9.59 Å². The van der Waals surface area contributed by atoms with Gasteiger partial charge in [-0.1, -0.05) is 6.92 Å². The molecule has 0 aliphatic carbocycles. The molecule has 4 heteroatoms. The molecular formula is C12H17NO3. The number of carboxylic acids is 1. The summed E-state index contributed by atoms with van der Waals surface area (Å²) in [4.78, 5) is 22.3. The first-order valence-electron chi connectivity index (χ1n) is 5.35. The predicted octanol–water partition coefficient (Wildman–Crippen LogP) is 1.69. The average Bonchev–Trinajstić information content (AvgIpc) is 2.16. The van der Waals surface area contributed by atoms with Gasteiger partial charge in [0.1, 0.15) is 0 Å². The lowest BCUT2D eigenvalue weighted by Gasteiger charge is -2.11. The van der Waals surface area contributed by atoms with E-state index in [1.165, 1.54) is 6.07 Å². The molecule has 1 atom stereocenters. The van der Waals surface area contributed by atoms with Gasteiger partial charge in [0.25, 0.3) is 5.56 Å². The normalized spacial score (nSPS) is 12.8. The third-order valence-electron chi connectivity index (χ3n) is 2.53. The van der Waals surface area contributed by atoms with Crippen molar-refractivity contribution in [1.82, 2.24) is 4.57 Å². The fourth-order valence-corrected chi connectivity index (χ4v) is 1.53. The number of hydrogen-bond donors (Lipinski definition) is 1. The van der Waals surface area contributed by atoms with Gasteiger partial charge < -0.3 is 9.67 Å². The Balaban J connectivity index is 2.90. The molecule has 0 radical (unpaired) electrons. The van der Waals surface area contributed by atoms with Crippen LogP contribution in [0, 0.1) is 5.92 Å². The van der Waals surface area contributed by atoms with Gasteiger partial charge in [-0.25, -0.2) is 0 Å². The lowest BCUT2D eigenvalue weighted by Crippen LogP contribution is -2.22. The summed E-state index contributed by atoms with van der Waals surface area (Å²) in [6, 6.07) is 3.44. The van der Waals surface area contributed by atoms with Gasteiger partial charge in [-0.15, -0.1) is 0 Å². The summed E-state index contributed by atoms with van der Waals surface area (Å²) in [7, 11) is 0. The van der Waals surface area contributed by atoms with Crippen LogP contribution in [0.5, 0.6) is 0 Å². The number of aliphatic carboxylic acids is 1. The molecule has 16 heavy (non-hydrogen) atoms. The van der Waals surface area contributed by atoms with Gasteiger partial charge in [0, 0.05) is 18.3 Å². The van der Waals surface area contributed by atoms with Crippen molar-refractivity contribution in [2.75, 3.05) is 0 Å². The third kappa shape index (κ3) is 2.95. The SMILES string of the molecule is CC(Cc1ccn(C(C)C)c(=O)c1)C(=O)O. The molecule has 1 heterocycles. The smallest absolute Gasteiger partial charge is 0.306 e. The largest absolute Gasteiger partial charge is 0.481 e. The first kappa shape index (κ1) is 12.5. The van der Waals surface area contributed by atoms with Gasteiger partial charge in [0.05, 0.1) is 5.92 Å². The first-order valence-corrected chi connectivity index (χ1v) is 5.35. The van der Waals surface area contributed by atoms with Crippen LogP contribution >= 0.6 is 0 Å². The summed E-state index contributed by atoms with van der Waals surface area (Å²) < 4.78 is 1.62. The van der Waals surface area contributed by atoms with E-state index in [2.05, 4.69) is 0 Å². The molecule has 4 nitrogen and oxygen atoms in total. The van der Waals surface area contributed by atoms with Crippen molar-refractivity contribution in [2.45, 2.75) is 33.2 Å². The quantitative estimate of drug-likeness (QED) is 0.845. The highest BCUT2D eigenvalue weighted by molar-refractivity contribution is 5.69. The molecule has 0 fully saturated rings. The molecular weight excluding hydrogens is 206 g/mol. The number of nitrogens with zero attached hydrogens (tertiary/aromatic N) is 1. The minimum Gasteiger partial charge on any atom is -0.481 e. The van der Waals surface area contributed by atoms with Gasteiger partial charge in [-0.2, -0.15) is 0 Å². The summed E-state index contributed by atoms with van der Waals surface area (Å²) in [5.41, 5.74) is 0.696. The molecule has 0 aromatic carbocycles. The van der Waals surface area contributed by atoms with E-state index in [1.807, 2.05) is 13.8 Å². The first-order chi connectivity index (χ1) is 7.41. The number of carbonyl (C=O) groups is 1. The van der Waals surface area contributed by atoms with Crippen LogP contribution in [0.25, 0.3) is 0 Å². The van der Waals surface area contributed by atoms with Crippen LogP contribution in [-0.2, 0) is 11.2 Å². The minimum atomic E-state index is -0.840. The van der Waals surface area contributed by atoms with Crippen molar-refractivity contribution in [3.63, 3.8) is 0 Å². The van der Waals surface area contributed by atoms with E-state index in [9.17, 15) is 9.59 Å². The third-order valence-corrected chi connectivity index (χ3v) is 2.53. The summed E-state index contributed by atoms with van der Waals surface area (Å²) in [6.07, 6.45) is 2.11. The van der Waals surface area contributed by atoms with Crippen LogP contribution in [0.4, 0.5) is 0 Å². The van der Waals surface area contributed by atoms with Crippen LogP contribution in [0.2, 0.25) is 0 Å². The zero-order valence-electron chi connectivity index (χ0n) is 9.80. The van der Waals surface area contributed by atoms with E-state index in [-0.39, 0.29) is 11.6 Å². The summed E-state index contributed by atoms with van der Waals surface area (Å²) >= 11 is 0. The van der Waals surface area contributed by atoms with Crippen LogP contribution < -0.4 is 5.56 Å². The molecule has 0 spiro atoms. The molecule has 1 unspecified atom stereocenters. The maximum Gasteiger partial charge on any atom is 0.306 e. The maximum atomic E-state index is 11.6. The zero-order chi connectivity index (χ0) is 12.3. The molecule has 88 valence electrons. The summed E-state index contributed by atoms with van der Waals surface area (Å²) in [5.74, 6) is -1.30. The summed E-state index contributed by atoms with van der Waals surface area (Å²) in [5, 5.41) is 8.77. The van der Waals surface area contributed by atoms with E-state index < -0.39 is 11.9 Å². The summed E-state index contributed by atoms with van der Waals surface area (Å²) in [6.45, 7) is 5.50. The Morgan fingerprint density at radius 1 is 1.44 bits per heavy atom. The lowest BCUT2D eigenvalue weighted by molar-refractivity contribution is -0.141. The van der Waals surface area contributed by atoms with Crippen molar-refractivity contribution in [1.29, 1.82) is 0 Å². The van der Waals surface area contributed by atoms with Crippen molar-refractivity contribution in [2.24, 2.45) is 5.92 Å². The Morgan fingerprint density at radius 2 is 2.06 bits per heavy atom. The molecule has 0 aliphatic heterocycles. The number of hydrogen-bond acceptors (Lipinski definition) is 2. The average molecular weight is 223 g/mol. The van der Waals surface area contributed by atoms with E-state index in [0.717, 1.165) is 5.56 Å². The molecule has 0 amide bonds. The molecule has 0 saturated carbocycles. The molecule has 1 aromatic rings. The standard InChI is InChI=1S/C12H17NO3/c1-8(2)13-5-4-10(7-11(13)14)6-9(3)12(15)16/h4-5,7-9H,6H2,1-3H3,(H,15,16). The number of pyridine rings is 1. The molecule has 1 rings (SSSR count). The van der Waals surface area contributed by atoms with Gasteiger partial charge in [0.15, 0.2) is 0 Å². The Morgan fingerprint density at radius 3 is 2.50 bits per heavy atom. The molecule has 0 saturated heterocycles. The highest BCUT2D eigenvalue weighted by atomic mass is 16.4. The Bertz CT molecular complexity index is 434. The van der Waals surface area contributed by atoms with Gasteiger partial charge in [0.2, 0.25) is 0 Å². The van der Waals surface area contributed by atoms with Crippen LogP contribution in [0.3, 0.4) is 0 Å². The van der Waals surface area contributed by atoms with Gasteiger partial charge >= 0.3 is 5.97 Å². The Labute approximate surface area is 94.5 Å². The van der Waals surface area contributed by atoms with Crippen molar-refractivity contribution in [3.8, 4) is 0 Å². The van der Waals surface area contributed by atoms with E-state index in [1.54, 1.807) is 23.8 Å². The molecule has 0 bridgehead atoms. The predicted molar refractivity (Wildman–Crippen MR) is 61.6 cm³/mol. The monoisotopic (exact) mass is 223 g/mol. The topological polar surface area (TPSA) is 59.3 Å². The van der Waals surface area contributed by atoms with E-state index in [0.29, 0.717) is 6.42 Å². The highest BCUT2D eigenvalue weighted by Crippen LogP contribution is 2.08. The second-order valence-corrected chi connectivity index (χ2v) is 4.32. The Hall–Kier alpha value is -1.58. The van der Waals surface area contributed by atoms with Crippen LogP contribution in [-0.4, -0.2) is 15.6 Å². The highest BCUT2D eigenvalue weighted by Gasteiger charge is 2.12. The fourth-order valence-electron chi connectivity index (χ4n) is 1.53.